The third-order valence-electron chi connectivity index (χ3n) is 6.73. The predicted octanol–water partition coefficient (Wildman–Crippen LogP) is 2.80. The van der Waals surface area contributed by atoms with E-state index in [9.17, 15) is 4.79 Å². The highest BCUT2D eigenvalue weighted by Crippen LogP contribution is 2.38. The van der Waals surface area contributed by atoms with Crippen molar-refractivity contribution in [1.29, 1.82) is 0 Å². The van der Waals surface area contributed by atoms with Gasteiger partial charge in [0.1, 0.15) is 0 Å². The first kappa shape index (κ1) is 33.0. The Labute approximate surface area is 240 Å². The summed E-state index contributed by atoms with van der Waals surface area (Å²) in [5, 5.41) is 14.8. The van der Waals surface area contributed by atoms with E-state index in [1.54, 1.807) is 35.5 Å². The van der Waals surface area contributed by atoms with Crippen molar-refractivity contribution >= 4 is 17.8 Å². The first-order valence-electron chi connectivity index (χ1n) is 13.0. The summed E-state index contributed by atoms with van der Waals surface area (Å²) >= 11 is 0. The van der Waals surface area contributed by atoms with Crippen LogP contribution >= 0.6 is 0 Å². The van der Waals surface area contributed by atoms with Crippen molar-refractivity contribution in [3.8, 4) is 28.7 Å². The van der Waals surface area contributed by atoms with Crippen LogP contribution < -0.4 is 23.7 Å². The summed E-state index contributed by atoms with van der Waals surface area (Å²) in [6, 6.07) is 9.83. The Hall–Kier alpha value is -4.19. The Morgan fingerprint density at radius 2 is 1.39 bits per heavy atom. The molecule has 0 bridgehead atoms. The number of carbonyl (C=O) groups is 3. The Kier molecular flexibility index (Phi) is 13.0. The minimum Gasteiger partial charge on any atom is -0.493 e. The van der Waals surface area contributed by atoms with Gasteiger partial charge in [-0.15, -0.1) is 0 Å². The van der Waals surface area contributed by atoms with Crippen LogP contribution in [0.4, 0.5) is 0 Å². The van der Waals surface area contributed by atoms with Crippen molar-refractivity contribution in [2.24, 2.45) is 5.92 Å². The second-order valence-corrected chi connectivity index (χ2v) is 9.42. The first-order valence-corrected chi connectivity index (χ1v) is 13.0. The Morgan fingerprint density at radius 1 is 0.829 bits per heavy atom. The predicted molar refractivity (Wildman–Crippen MR) is 150 cm³/mol. The summed E-state index contributed by atoms with van der Waals surface area (Å²) in [5.41, 5.74) is 2.17. The number of carboxylic acids is 2. The van der Waals surface area contributed by atoms with Gasteiger partial charge < -0.3 is 38.8 Å². The zero-order valence-electron chi connectivity index (χ0n) is 24.5. The fraction of sp³-hybridized carbons (Fsp3) is 0.483. The second-order valence-electron chi connectivity index (χ2n) is 9.42. The molecule has 1 saturated heterocycles. The zero-order chi connectivity index (χ0) is 30.5. The number of carboxylic acid groups (broad SMARTS) is 2. The van der Waals surface area contributed by atoms with Crippen LogP contribution in [0, 0.1) is 5.92 Å². The number of methoxy groups -OCH3 is 5. The smallest absolute Gasteiger partial charge is 0.414 e. The second kappa shape index (κ2) is 16.2. The molecule has 12 nitrogen and oxygen atoms in total. The highest BCUT2D eigenvalue weighted by Gasteiger charge is 2.28. The topological polar surface area (TPSA) is 144 Å². The van der Waals surface area contributed by atoms with E-state index in [1.807, 2.05) is 42.3 Å². The number of aliphatic carboxylic acids is 2. The molecule has 0 spiro atoms. The lowest BCUT2D eigenvalue weighted by molar-refractivity contribution is -0.159. The average molecular weight is 577 g/mol. The summed E-state index contributed by atoms with van der Waals surface area (Å²) in [7, 11) is 9.98. The van der Waals surface area contributed by atoms with Gasteiger partial charge in [0, 0.05) is 26.7 Å². The number of hydrogen-bond acceptors (Lipinski definition) is 9. The summed E-state index contributed by atoms with van der Waals surface area (Å²) in [5.74, 6) is -0.195. The van der Waals surface area contributed by atoms with Crippen molar-refractivity contribution in [1.82, 2.24) is 9.80 Å². The van der Waals surface area contributed by atoms with Crippen LogP contribution in [0.5, 0.6) is 28.7 Å². The molecule has 0 aliphatic carbocycles. The minimum absolute atomic E-state index is 0.0128. The molecule has 1 aliphatic rings. The van der Waals surface area contributed by atoms with Gasteiger partial charge >= 0.3 is 11.9 Å². The number of likely N-dealkylation sites (N-methyl/N-ethyl adjacent to an activating group) is 1. The highest BCUT2D eigenvalue weighted by molar-refractivity contribution is 6.27. The maximum atomic E-state index is 13.2. The van der Waals surface area contributed by atoms with Crippen LogP contribution in [0.1, 0.15) is 24.0 Å². The van der Waals surface area contributed by atoms with Crippen LogP contribution in [0.15, 0.2) is 30.3 Å². The maximum absolute atomic E-state index is 13.2. The Balaban J connectivity index is 0.000000883. The van der Waals surface area contributed by atoms with Crippen molar-refractivity contribution in [2.75, 3.05) is 62.2 Å². The van der Waals surface area contributed by atoms with Crippen molar-refractivity contribution in [3.63, 3.8) is 0 Å². The highest BCUT2D eigenvalue weighted by atomic mass is 16.5. The van der Waals surface area contributed by atoms with Gasteiger partial charge in [-0.2, -0.15) is 0 Å². The van der Waals surface area contributed by atoms with Crippen molar-refractivity contribution < 1.29 is 48.3 Å². The largest absolute Gasteiger partial charge is 0.493 e. The van der Waals surface area contributed by atoms with Gasteiger partial charge in [0.15, 0.2) is 23.0 Å². The minimum atomic E-state index is -1.82. The first-order chi connectivity index (χ1) is 19.6. The fourth-order valence-corrected chi connectivity index (χ4v) is 4.64. The number of amides is 1. The summed E-state index contributed by atoms with van der Waals surface area (Å²) < 4.78 is 27.1. The third-order valence-corrected chi connectivity index (χ3v) is 6.73. The number of nitrogens with zero attached hydrogens (tertiary/aromatic N) is 2. The van der Waals surface area contributed by atoms with Crippen LogP contribution in [0.3, 0.4) is 0 Å². The van der Waals surface area contributed by atoms with E-state index >= 15 is 0 Å². The van der Waals surface area contributed by atoms with E-state index in [0.29, 0.717) is 35.3 Å². The maximum Gasteiger partial charge on any atom is 0.414 e. The lowest BCUT2D eigenvalue weighted by Gasteiger charge is -2.34. The van der Waals surface area contributed by atoms with E-state index in [1.165, 1.54) is 0 Å². The molecule has 0 radical (unpaired) electrons. The molecule has 0 saturated carbocycles. The molecule has 1 fully saturated rings. The number of hydrogen-bond donors (Lipinski definition) is 2. The van der Waals surface area contributed by atoms with Gasteiger partial charge in [-0.25, -0.2) is 9.59 Å². The number of benzene rings is 2. The van der Waals surface area contributed by atoms with Crippen LogP contribution in [0.2, 0.25) is 0 Å². The summed E-state index contributed by atoms with van der Waals surface area (Å²) in [4.78, 5) is 35.6. The molecule has 2 aromatic carbocycles. The number of rotatable bonds is 11. The van der Waals surface area contributed by atoms with Crippen molar-refractivity contribution in [3.05, 3.63) is 41.5 Å². The molecule has 2 N–H and O–H groups in total. The molecule has 12 heteroatoms. The molecular weight excluding hydrogens is 536 g/mol. The van der Waals surface area contributed by atoms with Gasteiger partial charge in [0.25, 0.3) is 0 Å². The van der Waals surface area contributed by atoms with Crippen molar-refractivity contribution in [2.45, 2.75) is 25.8 Å². The Bertz CT molecular complexity index is 1150. The Morgan fingerprint density at radius 3 is 1.90 bits per heavy atom. The van der Waals surface area contributed by atoms with Crippen LogP contribution in [0.25, 0.3) is 0 Å². The van der Waals surface area contributed by atoms with Gasteiger partial charge in [0.05, 0.1) is 41.5 Å². The molecule has 1 atom stereocenters. The van der Waals surface area contributed by atoms with Gasteiger partial charge in [-0.1, -0.05) is 6.07 Å². The van der Waals surface area contributed by atoms with Crippen LogP contribution in [-0.2, 0) is 27.3 Å². The van der Waals surface area contributed by atoms with E-state index in [4.69, 9.17) is 43.5 Å². The lowest BCUT2D eigenvalue weighted by Crippen LogP contribution is -2.43. The molecule has 1 heterocycles. The monoisotopic (exact) mass is 576 g/mol. The molecule has 1 amide bonds. The van der Waals surface area contributed by atoms with E-state index in [-0.39, 0.29) is 11.8 Å². The molecule has 0 aromatic heterocycles. The quantitative estimate of drug-likeness (QED) is 0.381. The molecule has 1 aliphatic heterocycles. The number of likely N-dealkylation sites (tertiary alicyclic amines) is 1. The SMILES string of the molecule is COc1ccc(CCN(C)C(=O)C2CCCN(Cc3cc(OC)c(OC)c(OC)c3)C2)cc1OC.O=C(O)C(=O)O. The summed E-state index contributed by atoms with van der Waals surface area (Å²) in [6.07, 6.45) is 2.65. The van der Waals surface area contributed by atoms with Crippen LogP contribution in [-0.4, -0.2) is 100 Å². The molecule has 41 heavy (non-hydrogen) atoms. The number of piperidine rings is 1. The average Bonchev–Trinajstić information content (AvgIpc) is 2.98. The number of carbonyl (C=O) groups excluding carboxylic acids is 1. The van der Waals surface area contributed by atoms with Gasteiger partial charge in [-0.05, 0) is 61.2 Å². The van der Waals surface area contributed by atoms with Gasteiger partial charge in [-0.3, -0.25) is 9.69 Å². The molecular formula is C29H40N2O10. The fourth-order valence-electron chi connectivity index (χ4n) is 4.64. The molecule has 2 aromatic rings. The van der Waals surface area contributed by atoms with E-state index in [0.717, 1.165) is 50.0 Å². The molecule has 1 unspecified atom stereocenters. The molecule has 226 valence electrons. The third kappa shape index (κ3) is 9.45. The standard InChI is InChI=1S/C27H38N2O6.C2H2O4/c1-28(13-11-19-9-10-22(31-2)23(14-19)32-3)27(30)21-8-7-12-29(18-21)17-20-15-24(33-4)26(35-6)25(16-20)34-5;3-1(4)2(5)6/h9-10,14-16,21H,7-8,11-13,17-18H2,1-6H3;(H,3,4)(H,5,6). The normalized spacial score (nSPS) is 14.6. The van der Waals surface area contributed by atoms with E-state index in [2.05, 4.69) is 4.90 Å². The molecule has 3 rings (SSSR count). The van der Waals surface area contributed by atoms with Gasteiger partial charge in [0.2, 0.25) is 11.7 Å². The lowest BCUT2D eigenvalue weighted by atomic mass is 9.96. The van der Waals surface area contributed by atoms with E-state index < -0.39 is 11.9 Å². The zero-order valence-corrected chi connectivity index (χ0v) is 24.5. The number of ether oxygens (including phenoxy) is 5. The summed E-state index contributed by atoms with van der Waals surface area (Å²) in [6.45, 7) is 3.06.